The summed E-state index contributed by atoms with van der Waals surface area (Å²) in [5.41, 5.74) is 0. The van der Waals surface area contributed by atoms with Crippen LogP contribution in [0.15, 0.2) is 48.5 Å². The minimum atomic E-state index is -3.80. The van der Waals surface area contributed by atoms with E-state index in [4.69, 9.17) is 0 Å². The molecule has 0 saturated carbocycles. The van der Waals surface area contributed by atoms with Gasteiger partial charge in [-0.15, -0.1) is 0 Å². The lowest BCUT2D eigenvalue weighted by Crippen LogP contribution is -2.20. The Balaban J connectivity index is 0.000000138. The molecule has 0 amide bonds. The quantitative estimate of drug-likeness (QED) is 0.684. The van der Waals surface area contributed by atoms with Crippen molar-refractivity contribution in [2.75, 3.05) is 13.2 Å². The normalized spacial score (nSPS) is 17.8. The molecule has 0 bridgehead atoms. The minimum absolute atomic E-state index is 0.0301. The van der Waals surface area contributed by atoms with Crippen LogP contribution in [-0.2, 0) is 23.8 Å². The minimum Gasteiger partial charge on any atom is -0.244 e. The van der Waals surface area contributed by atoms with Crippen molar-refractivity contribution in [1.82, 2.24) is 0 Å². The van der Waals surface area contributed by atoms with Gasteiger partial charge in [0, 0.05) is 0 Å². The third-order valence-electron chi connectivity index (χ3n) is 2.18. The second-order valence-corrected chi connectivity index (χ2v) is 4.66. The second kappa shape index (κ2) is 5.92. The molecule has 1 aliphatic rings. The zero-order chi connectivity index (χ0) is 12.8. The Hall–Kier alpha value is -1.47. The zero-order valence-corrected chi connectivity index (χ0v) is 10.3. The molecule has 0 aliphatic carbocycles. The topological polar surface area (TPSA) is 61.8 Å². The number of benzene rings is 2. The van der Waals surface area contributed by atoms with Crippen LogP contribution in [0.4, 0.5) is 0 Å². The highest BCUT2D eigenvalue weighted by Crippen LogP contribution is 2.11. The van der Waals surface area contributed by atoms with Gasteiger partial charge < -0.3 is 0 Å². The Labute approximate surface area is 105 Å². The van der Waals surface area contributed by atoms with Crippen molar-refractivity contribution < 1.29 is 21.8 Å². The largest absolute Gasteiger partial charge is 0.426 e. The van der Waals surface area contributed by atoms with Gasteiger partial charge in [0.1, 0.15) is 6.61 Å². The van der Waals surface area contributed by atoms with Crippen molar-refractivity contribution in [1.29, 1.82) is 0 Å². The Kier molecular flexibility index (Phi) is 4.27. The molecular weight excluding hydrogens is 256 g/mol. The van der Waals surface area contributed by atoms with Crippen LogP contribution in [0.5, 0.6) is 0 Å². The van der Waals surface area contributed by atoms with Gasteiger partial charge in [-0.3, -0.25) is 0 Å². The maximum Gasteiger partial charge on any atom is 0.426 e. The average molecular weight is 268 g/mol. The number of rotatable bonds is 0. The maximum absolute atomic E-state index is 10.1. The van der Waals surface area contributed by atoms with Crippen LogP contribution in [0, 0.1) is 0 Å². The van der Waals surface area contributed by atoms with Gasteiger partial charge in [-0.2, -0.15) is 8.42 Å². The lowest BCUT2D eigenvalue weighted by molar-refractivity contribution is -0.233. The van der Waals surface area contributed by atoms with E-state index in [0.29, 0.717) is 0 Å². The summed E-state index contributed by atoms with van der Waals surface area (Å²) in [6, 6.07) is 16.7. The smallest absolute Gasteiger partial charge is 0.244 e. The van der Waals surface area contributed by atoms with Crippen LogP contribution >= 0.6 is 0 Å². The van der Waals surface area contributed by atoms with Gasteiger partial charge in [-0.25, -0.2) is 9.07 Å². The zero-order valence-electron chi connectivity index (χ0n) is 9.48. The summed E-state index contributed by atoms with van der Waals surface area (Å²) < 4.78 is 28.0. The Morgan fingerprint density at radius 3 is 1.61 bits per heavy atom. The van der Waals surface area contributed by atoms with Gasteiger partial charge in [0.15, 0.2) is 0 Å². The fourth-order valence-corrected chi connectivity index (χ4v) is 1.91. The van der Waals surface area contributed by atoms with Crippen LogP contribution in [0.2, 0.25) is 0 Å². The molecule has 1 saturated heterocycles. The third-order valence-corrected chi connectivity index (χ3v) is 2.90. The number of fused-ring (bicyclic) bond motifs is 1. The number of hydrogen-bond acceptors (Lipinski definition) is 5. The van der Waals surface area contributed by atoms with E-state index in [-0.39, 0.29) is 13.2 Å². The summed E-state index contributed by atoms with van der Waals surface area (Å²) in [6.07, 6.45) is 0. The summed E-state index contributed by atoms with van der Waals surface area (Å²) in [6.45, 7) is 0.182. The molecule has 2 aromatic carbocycles. The first-order valence-corrected chi connectivity index (χ1v) is 6.65. The Bertz CT molecular complexity index is 531. The van der Waals surface area contributed by atoms with E-state index >= 15 is 0 Å². The molecule has 3 rings (SSSR count). The molecule has 1 fully saturated rings. The molecule has 1 heterocycles. The monoisotopic (exact) mass is 268 g/mol. The molecular formula is C12H12O5S. The molecule has 96 valence electrons. The highest BCUT2D eigenvalue weighted by Gasteiger charge is 2.17. The van der Waals surface area contributed by atoms with Crippen molar-refractivity contribution in [2.45, 2.75) is 0 Å². The van der Waals surface area contributed by atoms with Gasteiger partial charge in [-0.05, 0) is 10.8 Å². The van der Waals surface area contributed by atoms with Crippen molar-refractivity contribution in [3.05, 3.63) is 48.5 Å². The van der Waals surface area contributed by atoms with E-state index in [1.54, 1.807) is 0 Å². The van der Waals surface area contributed by atoms with Crippen LogP contribution < -0.4 is 0 Å². The SMILES string of the molecule is O=S1(=O)OCCOO1.c1ccc2ccccc2c1. The van der Waals surface area contributed by atoms with Gasteiger partial charge in [-0.1, -0.05) is 52.9 Å². The van der Waals surface area contributed by atoms with Gasteiger partial charge in [0.2, 0.25) is 0 Å². The van der Waals surface area contributed by atoms with E-state index in [1.165, 1.54) is 10.8 Å². The van der Waals surface area contributed by atoms with E-state index in [2.05, 4.69) is 61.9 Å². The Morgan fingerprint density at radius 1 is 0.833 bits per heavy atom. The fourth-order valence-electron chi connectivity index (χ4n) is 1.42. The second-order valence-electron chi connectivity index (χ2n) is 3.47. The standard InChI is InChI=1S/C10H8.C2H4O5S/c1-2-6-10-8-4-3-7-9(10)5-1;3-8(4)6-2-1-5-7-8/h1-8H;1-2H2. The molecule has 0 atom stereocenters. The molecule has 1 aliphatic heterocycles. The lowest BCUT2D eigenvalue weighted by Gasteiger charge is -2.08. The van der Waals surface area contributed by atoms with Gasteiger partial charge in [0.25, 0.3) is 0 Å². The van der Waals surface area contributed by atoms with E-state index in [0.717, 1.165) is 0 Å². The predicted octanol–water partition coefficient (Wildman–Crippen LogP) is 2.05. The number of hydrogen-bond donors (Lipinski definition) is 0. The molecule has 18 heavy (non-hydrogen) atoms. The summed E-state index contributed by atoms with van der Waals surface area (Å²) >= 11 is 0. The summed E-state index contributed by atoms with van der Waals surface area (Å²) in [5, 5.41) is 2.62. The first-order valence-electron chi connectivity index (χ1n) is 5.32. The van der Waals surface area contributed by atoms with Crippen LogP contribution in [-0.4, -0.2) is 21.6 Å². The van der Waals surface area contributed by atoms with Gasteiger partial charge >= 0.3 is 10.4 Å². The molecule has 0 spiro atoms. The van der Waals surface area contributed by atoms with E-state index in [9.17, 15) is 8.42 Å². The molecule has 6 heteroatoms. The highest BCUT2D eigenvalue weighted by molar-refractivity contribution is 7.81. The lowest BCUT2D eigenvalue weighted by atomic mass is 10.1. The van der Waals surface area contributed by atoms with Crippen molar-refractivity contribution in [3.63, 3.8) is 0 Å². The van der Waals surface area contributed by atoms with Crippen LogP contribution in [0.25, 0.3) is 10.8 Å². The molecule has 2 aromatic rings. The highest BCUT2D eigenvalue weighted by atomic mass is 32.3. The summed E-state index contributed by atoms with van der Waals surface area (Å²) in [4.78, 5) is 4.07. The molecule has 0 radical (unpaired) electrons. The first-order chi connectivity index (χ1) is 8.67. The summed E-state index contributed by atoms with van der Waals surface area (Å²) in [7, 11) is -3.80. The Morgan fingerprint density at radius 2 is 1.33 bits per heavy atom. The fraction of sp³-hybridized carbons (Fsp3) is 0.167. The predicted molar refractivity (Wildman–Crippen MR) is 65.9 cm³/mol. The van der Waals surface area contributed by atoms with Crippen molar-refractivity contribution in [2.24, 2.45) is 0 Å². The van der Waals surface area contributed by atoms with Crippen LogP contribution in [0.1, 0.15) is 0 Å². The van der Waals surface area contributed by atoms with Crippen LogP contribution in [0.3, 0.4) is 0 Å². The molecule has 5 nitrogen and oxygen atoms in total. The van der Waals surface area contributed by atoms with E-state index < -0.39 is 10.4 Å². The molecule has 0 N–H and O–H groups in total. The maximum atomic E-state index is 10.1. The average Bonchev–Trinajstić information content (AvgIpc) is 2.39. The first kappa shape index (κ1) is 13.0. The third kappa shape index (κ3) is 3.78. The molecule has 0 unspecified atom stereocenters. The van der Waals surface area contributed by atoms with Crippen molar-refractivity contribution in [3.8, 4) is 0 Å². The summed E-state index contributed by atoms with van der Waals surface area (Å²) in [5.74, 6) is 0. The van der Waals surface area contributed by atoms with Crippen molar-refractivity contribution >= 4 is 21.2 Å². The van der Waals surface area contributed by atoms with E-state index in [1.807, 2.05) is 0 Å². The molecule has 0 aromatic heterocycles. The van der Waals surface area contributed by atoms with Gasteiger partial charge in [0.05, 0.1) is 6.61 Å².